The van der Waals surface area contributed by atoms with Crippen LogP contribution in [0.5, 0.6) is 0 Å². The second-order valence-electron chi connectivity index (χ2n) is 8.66. The Morgan fingerprint density at radius 1 is 0.853 bits per heavy atom. The molecule has 0 unspecified atom stereocenters. The van der Waals surface area contributed by atoms with Crippen LogP contribution in [0.2, 0.25) is 0 Å². The first-order chi connectivity index (χ1) is 16.5. The number of rotatable bonds is 11. The minimum Gasteiger partial charge on any atom is -0.352 e. The summed E-state index contributed by atoms with van der Waals surface area (Å²) in [5.41, 5.74) is 3.14. The van der Waals surface area contributed by atoms with Crippen molar-refractivity contribution in [3.05, 3.63) is 106 Å². The maximum absolute atomic E-state index is 13.6. The van der Waals surface area contributed by atoms with E-state index in [-0.39, 0.29) is 17.9 Å². The first kappa shape index (κ1) is 25.7. The Bertz CT molecular complexity index is 1040. The molecule has 3 aromatic carbocycles. The van der Waals surface area contributed by atoms with E-state index in [1.54, 1.807) is 4.90 Å². The second-order valence-corrected chi connectivity index (χ2v) is 9.57. The third-order valence-corrected chi connectivity index (χ3v) is 6.54. The summed E-state index contributed by atoms with van der Waals surface area (Å²) < 4.78 is 0.980. The van der Waals surface area contributed by atoms with Gasteiger partial charge in [-0.05, 0) is 48.6 Å². The lowest BCUT2D eigenvalue weighted by molar-refractivity contribution is -0.141. The lowest BCUT2D eigenvalue weighted by atomic mass is 10.0. The molecule has 3 rings (SSSR count). The number of hydrogen-bond donors (Lipinski definition) is 1. The molecule has 3 aromatic rings. The van der Waals surface area contributed by atoms with Crippen LogP contribution in [-0.2, 0) is 29.0 Å². The van der Waals surface area contributed by atoms with Crippen molar-refractivity contribution in [1.82, 2.24) is 10.2 Å². The molecule has 2 atom stereocenters. The molecule has 34 heavy (non-hydrogen) atoms. The van der Waals surface area contributed by atoms with Gasteiger partial charge in [0.25, 0.3) is 0 Å². The summed E-state index contributed by atoms with van der Waals surface area (Å²) in [5.74, 6) is -0.129. The molecule has 0 aliphatic rings. The van der Waals surface area contributed by atoms with E-state index in [4.69, 9.17) is 0 Å². The fourth-order valence-electron chi connectivity index (χ4n) is 3.82. The maximum atomic E-state index is 13.6. The van der Waals surface area contributed by atoms with Gasteiger partial charge in [0, 0.05) is 29.9 Å². The van der Waals surface area contributed by atoms with E-state index in [1.165, 1.54) is 0 Å². The molecule has 0 radical (unpaired) electrons. The van der Waals surface area contributed by atoms with Gasteiger partial charge in [0.15, 0.2) is 0 Å². The van der Waals surface area contributed by atoms with Gasteiger partial charge < -0.3 is 10.2 Å². The predicted molar refractivity (Wildman–Crippen MR) is 141 cm³/mol. The summed E-state index contributed by atoms with van der Waals surface area (Å²) in [6, 6.07) is 27.3. The topological polar surface area (TPSA) is 49.4 Å². The number of nitrogens with one attached hydrogen (secondary N) is 1. The van der Waals surface area contributed by atoms with Gasteiger partial charge in [-0.15, -0.1) is 0 Å². The molecule has 0 saturated heterocycles. The van der Waals surface area contributed by atoms with Crippen LogP contribution >= 0.6 is 15.9 Å². The highest BCUT2D eigenvalue weighted by atomic mass is 79.9. The van der Waals surface area contributed by atoms with Crippen molar-refractivity contribution in [2.24, 2.45) is 0 Å². The van der Waals surface area contributed by atoms with E-state index in [2.05, 4.69) is 21.2 Å². The molecule has 0 aromatic heterocycles. The quantitative estimate of drug-likeness (QED) is 0.340. The van der Waals surface area contributed by atoms with E-state index in [9.17, 15) is 9.59 Å². The fourth-order valence-corrected chi connectivity index (χ4v) is 4.09. The van der Waals surface area contributed by atoms with Crippen LogP contribution < -0.4 is 5.32 Å². The number of carbonyl (C=O) groups is 2. The first-order valence-electron chi connectivity index (χ1n) is 11.9. The lowest BCUT2D eigenvalue weighted by Gasteiger charge is -2.32. The maximum Gasteiger partial charge on any atom is 0.243 e. The molecule has 0 fully saturated rings. The lowest BCUT2D eigenvalue weighted by Crippen LogP contribution is -2.52. The number of amides is 2. The largest absolute Gasteiger partial charge is 0.352 e. The molecule has 1 N–H and O–H groups in total. The van der Waals surface area contributed by atoms with Crippen LogP contribution in [0.4, 0.5) is 0 Å². The number of hydrogen-bond acceptors (Lipinski definition) is 2. The van der Waals surface area contributed by atoms with Crippen molar-refractivity contribution in [1.29, 1.82) is 0 Å². The van der Waals surface area contributed by atoms with Crippen molar-refractivity contribution >= 4 is 27.7 Å². The highest BCUT2D eigenvalue weighted by Gasteiger charge is 2.30. The van der Waals surface area contributed by atoms with Crippen LogP contribution in [0.25, 0.3) is 0 Å². The molecular weight excluding hydrogens is 488 g/mol. The molecule has 4 nitrogen and oxygen atoms in total. The van der Waals surface area contributed by atoms with Crippen molar-refractivity contribution in [2.45, 2.75) is 58.2 Å². The van der Waals surface area contributed by atoms with E-state index in [0.29, 0.717) is 25.8 Å². The van der Waals surface area contributed by atoms with E-state index < -0.39 is 6.04 Å². The molecule has 0 aliphatic heterocycles. The molecule has 0 bridgehead atoms. The Morgan fingerprint density at radius 3 is 2.03 bits per heavy atom. The zero-order chi connectivity index (χ0) is 24.3. The molecule has 0 heterocycles. The van der Waals surface area contributed by atoms with Crippen LogP contribution in [0.1, 0.15) is 43.4 Å². The van der Waals surface area contributed by atoms with Gasteiger partial charge in [-0.1, -0.05) is 95.7 Å². The van der Waals surface area contributed by atoms with Crippen molar-refractivity contribution < 1.29 is 9.59 Å². The van der Waals surface area contributed by atoms with Gasteiger partial charge in [-0.3, -0.25) is 9.59 Å². The van der Waals surface area contributed by atoms with Crippen molar-refractivity contribution in [3.8, 4) is 0 Å². The van der Waals surface area contributed by atoms with Gasteiger partial charge in [-0.2, -0.15) is 0 Å². The summed E-state index contributed by atoms with van der Waals surface area (Å²) in [4.78, 5) is 28.8. The van der Waals surface area contributed by atoms with Crippen molar-refractivity contribution in [2.75, 3.05) is 0 Å². The number of aryl methyl sites for hydroxylation is 1. The Balaban J connectivity index is 1.90. The Labute approximate surface area is 211 Å². The molecule has 5 heteroatoms. The molecule has 0 spiro atoms. The fraction of sp³-hybridized carbons (Fsp3) is 0.310. The van der Waals surface area contributed by atoms with E-state index in [0.717, 1.165) is 27.6 Å². The highest BCUT2D eigenvalue weighted by Crippen LogP contribution is 2.19. The smallest absolute Gasteiger partial charge is 0.243 e. The Kier molecular flexibility index (Phi) is 9.89. The zero-order valence-electron chi connectivity index (χ0n) is 19.9. The van der Waals surface area contributed by atoms with E-state index >= 15 is 0 Å². The van der Waals surface area contributed by atoms with Crippen LogP contribution in [0, 0.1) is 0 Å². The summed E-state index contributed by atoms with van der Waals surface area (Å²) in [6.45, 7) is 4.42. The minimum atomic E-state index is -0.594. The van der Waals surface area contributed by atoms with Gasteiger partial charge in [0.1, 0.15) is 6.04 Å². The van der Waals surface area contributed by atoms with Gasteiger partial charge in [-0.25, -0.2) is 0 Å². The molecule has 178 valence electrons. The third kappa shape index (κ3) is 7.84. The standard InChI is InChI=1S/C29H33BrN2O2/c1-3-22(2)31-29(34)27(20-24-12-8-5-9-13-24)32(21-25-14-17-26(30)18-15-25)28(33)19-16-23-10-6-4-7-11-23/h4-15,17-18,22,27H,3,16,19-21H2,1-2H3,(H,31,34)/t22-,27-/m0/s1. The third-order valence-electron chi connectivity index (χ3n) is 6.01. The van der Waals surface area contributed by atoms with Gasteiger partial charge in [0.2, 0.25) is 11.8 Å². The number of carbonyl (C=O) groups excluding carboxylic acids is 2. The predicted octanol–water partition coefficient (Wildman–Crippen LogP) is 5.94. The molecule has 0 aliphatic carbocycles. The first-order valence-corrected chi connectivity index (χ1v) is 12.7. The second kappa shape index (κ2) is 13.1. The molecular formula is C29H33BrN2O2. The minimum absolute atomic E-state index is 0.0213. The summed E-state index contributed by atoms with van der Waals surface area (Å²) in [5, 5.41) is 3.11. The van der Waals surface area contributed by atoms with Gasteiger partial charge in [0.05, 0.1) is 0 Å². The summed E-state index contributed by atoms with van der Waals surface area (Å²) in [6.07, 6.45) is 2.29. The Hall–Kier alpha value is -2.92. The van der Waals surface area contributed by atoms with Crippen LogP contribution in [-0.4, -0.2) is 28.8 Å². The summed E-state index contributed by atoms with van der Waals surface area (Å²) >= 11 is 3.48. The zero-order valence-corrected chi connectivity index (χ0v) is 21.5. The average Bonchev–Trinajstić information content (AvgIpc) is 2.87. The number of benzene rings is 3. The van der Waals surface area contributed by atoms with Crippen LogP contribution in [0.15, 0.2) is 89.4 Å². The SMILES string of the molecule is CC[C@H](C)NC(=O)[C@H](Cc1ccccc1)N(Cc1ccc(Br)cc1)C(=O)CCc1ccccc1. The molecule has 2 amide bonds. The normalized spacial score (nSPS) is 12.6. The Morgan fingerprint density at radius 2 is 1.44 bits per heavy atom. The number of halogens is 1. The van der Waals surface area contributed by atoms with Crippen molar-refractivity contribution in [3.63, 3.8) is 0 Å². The monoisotopic (exact) mass is 520 g/mol. The number of nitrogens with zero attached hydrogens (tertiary/aromatic N) is 1. The van der Waals surface area contributed by atoms with Gasteiger partial charge >= 0.3 is 0 Å². The van der Waals surface area contributed by atoms with Crippen LogP contribution in [0.3, 0.4) is 0 Å². The average molecular weight is 521 g/mol. The molecule has 0 saturated carbocycles. The van der Waals surface area contributed by atoms with E-state index in [1.807, 2.05) is 98.8 Å². The summed E-state index contributed by atoms with van der Waals surface area (Å²) in [7, 11) is 0. The highest BCUT2D eigenvalue weighted by molar-refractivity contribution is 9.10.